The van der Waals surface area contributed by atoms with Crippen LogP contribution in [0.4, 0.5) is 17.6 Å². The molecule has 2 nitrogen and oxygen atoms in total. The van der Waals surface area contributed by atoms with Crippen molar-refractivity contribution in [2.75, 3.05) is 6.61 Å². The second-order valence-corrected chi connectivity index (χ2v) is 4.68. The Morgan fingerprint density at radius 2 is 2.00 bits per heavy atom. The summed E-state index contributed by atoms with van der Waals surface area (Å²) in [5, 5.41) is 0. The summed E-state index contributed by atoms with van der Waals surface area (Å²) >= 11 is 3.20. The van der Waals surface area contributed by atoms with Crippen LogP contribution in [0.5, 0.6) is 5.75 Å². The molecule has 0 saturated carbocycles. The summed E-state index contributed by atoms with van der Waals surface area (Å²) in [5.41, 5.74) is 6.42. The number of halogens is 5. The van der Waals surface area contributed by atoms with Gasteiger partial charge in [-0.2, -0.15) is 8.78 Å². The number of ether oxygens (including phenoxy) is 1. The molecule has 0 aliphatic carbocycles. The molecule has 0 spiro atoms. The van der Waals surface area contributed by atoms with Gasteiger partial charge in [-0.1, -0.05) is 22.0 Å². The molecule has 1 rings (SSSR count). The fourth-order valence-electron chi connectivity index (χ4n) is 1.21. The maximum absolute atomic E-state index is 12.6. The van der Waals surface area contributed by atoms with Crippen molar-refractivity contribution in [3.8, 4) is 5.75 Å². The summed E-state index contributed by atoms with van der Waals surface area (Å²) in [6.07, 6.45) is -3.75. The lowest BCUT2D eigenvalue weighted by atomic mass is 10.1. The molecule has 18 heavy (non-hydrogen) atoms. The van der Waals surface area contributed by atoms with Crippen molar-refractivity contribution in [1.82, 2.24) is 0 Å². The molecule has 0 bridgehead atoms. The van der Waals surface area contributed by atoms with E-state index in [9.17, 15) is 17.6 Å². The van der Waals surface area contributed by atoms with Gasteiger partial charge in [0.1, 0.15) is 5.75 Å². The molecule has 0 aliphatic rings. The van der Waals surface area contributed by atoms with E-state index in [0.717, 1.165) is 5.56 Å². The molecular weight excluding hydrogens is 318 g/mol. The zero-order chi connectivity index (χ0) is 13.9. The van der Waals surface area contributed by atoms with Gasteiger partial charge >= 0.3 is 12.3 Å². The molecule has 0 amide bonds. The molecule has 0 aromatic heterocycles. The summed E-state index contributed by atoms with van der Waals surface area (Å²) in [4.78, 5) is 0. The van der Waals surface area contributed by atoms with Crippen molar-refractivity contribution in [2.24, 2.45) is 5.73 Å². The molecule has 102 valence electrons. The molecule has 0 saturated heterocycles. The Kier molecular flexibility index (Phi) is 4.98. The quantitative estimate of drug-likeness (QED) is 0.835. The van der Waals surface area contributed by atoms with E-state index >= 15 is 0 Å². The molecule has 2 N–H and O–H groups in total. The Morgan fingerprint density at radius 1 is 1.39 bits per heavy atom. The van der Waals surface area contributed by atoms with Gasteiger partial charge in [0.15, 0.2) is 6.61 Å². The number of hydrogen-bond donors (Lipinski definition) is 1. The smallest absolute Gasteiger partial charge is 0.340 e. The lowest BCUT2D eigenvalue weighted by molar-refractivity contribution is -0.148. The number of benzene rings is 1. The van der Waals surface area contributed by atoms with Crippen LogP contribution in [0.3, 0.4) is 0 Å². The lowest BCUT2D eigenvalue weighted by Gasteiger charge is -2.17. The third kappa shape index (κ3) is 3.84. The Balaban J connectivity index is 2.73. The monoisotopic (exact) mass is 329 g/mol. The number of rotatable bonds is 5. The number of hydrogen-bond acceptors (Lipinski definition) is 2. The molecule has 1 atom stereocenters. The van der Waals surface area contributed by atoms with Crippen LogP contribution in [0.15, 0.2) is 22.7 Å². The second kappa shape index (κ2) is 5.88. The minimum absolute atomic E-state index is 0.0756. The lowest BCUT2D eigenvalue weighted by Crippen LogP contribution is -2.33. The van der Waals surface area contributed by atoms with Gasteiger partial charge in [0.25, 0.3) is 0 Å². The standard InChI is InChI=1S/C11H12BrF4NO/c1-6(17)8-3-2-7(4-9(8)12)18-5-11(15,16)10(13)14/h2-4,6,10H,5,17H2,1H3/t6-/m0/s1. The van der Waals surface area contributed by atoms with Gasteiger partial charge in [-0.3, -0.25) is 0 Å². The Bertz CT molecular complexity index is 412. The maximum Gasteiger partial charge on any atom is 0.340 e. The van der Waals surface area contributed by atoms with E-state index in [1.54, 1.807) is 13.0 Å². The molecule has 0 aliphatic heterocycles. The van der Waals surface area contributed by atoms with Gasteiger partial charge in [-0.15, -0.1) is 0 Å². The minimum Gasteiger partial charge on any atom is -0.487 e. The van der Waals surface area contributed by atoms with Gasteiger partial charge in [0.05, 0.1) is 0 Å². The van der Waals surface area contributed by atoms with E-state index in [2.05, 4.69) is 20.7 Å². The predicted octanol–water partition coefficient (Wildman–Crippen LogP) is 3.75. The zero-order valence-corrected chi connectivity index (χ0v) is 11.1. The first-order chi connectivity index (χ1) is 8.24. The van der Waals surface area contributed by atoms with Crippen LogP contribution in [-0.2, 0) is 0 Å². The van der Waals surface area contributed by atoms with Crippen molar-refractivity contribution in [3.63, 3.8) is 0 Å². The summed E-state index contributed by atoms with van der Waals surface area (Å²) in [5.74, 6) is -4.08. The fraction of sp³-hybridized carbons (Fsp3) is 0.455. The largest absolute Gasteiger partial charge is 0.487 e. The van der Waals surface area contributed by atoms with Crippen LogP contribution in [-0.4, -0.2) is 19.0 Å². The summed E-state index contributed by atoms with van der Waals surface area (Å²) in [6, 6.07) is 4.17. The molecule has 7 heteroatoms. The van der Waals surface area contributed by atoms with E-state index in [1.165, 1.54) is 12.1 Å². The third-order valence-electron chi connectivity index (χ3n) is 2.21. The van der Waals surface area contributed by atoms with Crippen LogP contribution < -0.4 is 10.5 Å². The van der Waals surface area contributed by atoms with Crippen molar-refractivity contribution in [1.29, 1.82) is 0 Å². The topological polar surface area (TPSA) is 35.2 Å². The molecule has 0 radical (unpaired) electrons. The summed E-state index contributed by atoms with van der Waals surface area (Å²) < 4.78 is 54.3. The Morgan fingerprint density at radius 3 is 2.44 bits per heavy atom. The Hall–Kier alpha value is -0.820. The first-order valence-corrected chi connectivity index (χ1v) is 5.87. The highest BCUT2D eigenvalue weighted by atomic mass is 79.9. The SMILES string of the molecule is C[C@H](N)c1ccc(OCC(F)(F)C(F)F)cc1Br. The second-order valence-electron chi connectivity index (χ2n) is 3.82. The predicted molar refractivity (Wildman–Crippen MR) is 63.2 cm³/mol. The first kappa shape index (κ1) is 15.2. The molecule has 1 aromatic rings. The highest BCUT2D eigenvalue weighted by molar-refractivity contribution is 9.10. The highest BCUT2D eigenvalue weighted by Crippen LogP contribution is 2.29. The van der Waals surface area contributed by atoms with E-state index in [1.807, 2.05) is 0 Å². The molecule has 1 aromatic carbocycles. The molecule has 0 heterocycles. The van der Waals surface area contributed by atoms with Crippen LogP contribution in [0.25, 0.3) is 0 Å². The van der Waals surface area contributed by atoms with Gasteiger partial charge < -0.3 is 10.5 Å². The Labute approximate surface area is 110 Å². The van der Waals surface area contributed by atoms with Crippen molar-refractivity contribution < 1.29 is 22.3 Å². The summed E-state index contributed by atoms with van der Waals surface area (Å²) in [6.45, 7) is 0.389. The summed E-state index contributed by atoms with van der Waals surface area (Å²) in [7, 11) is 0. The van der Waals surface area contributed by atoms with Crippen molar-refractivity contribution in [3.05, 3.63) is 28.2 Å². The first-order valence-electron chi connectivity index (χ1n) is 5.08. The van der Waals surface area contributed by atoms with Crippen LogP contribution in [0.1, 0.15) is 18.5 Å². The normalized spacial score (nSPS) is 13.8. The fourth-order valence-corrected chi connectivity index (χ4v) is 1.93. The van der Waals surface area contributed by atoms with Crippen LogP contribution >= 0.6 is 15.9 Å². The van der Waals surface area contributed by atoms with Gasteiger partial charge in [-0.05, 0) is 24.6 Å². The average molecular weight is 330 g/mol. The van der Waals surface area contributed by atoms with Crippen LogP contribution in [0, 0.1) is 0 Å². The van der Waals surface area contributed by atoms with Crippen LogP contribution in [0.2, 0.25) is 0 Å². The van der Waals surface area contributed by atoms with Gasteiger partial charge in [0.2, 0.25) is 0 Å². The van der Waals surface area contributed by atoms with Gasteiger partial charge in [-0.25, -0.2) is 8.78 Å². The van der Waals surface area contributed by atoms with E-state index in [0.29, 0.717) is 4.47 Å². The molecule has 0 fully saturated rings. The molecule has 0 unspecified atom stereocenters. The highest BCUT2D eigenvalue weighted by Gasteiger charge is 2.41. The minimum atomic E-state index is -4.16. The maximum atomic E-state index is 12.6. The third-order valence-corrected chi connectivity index (χ3v) is 2.90. The number of nitrogens with two attached hydrogens (primary N) is 1. The molecular formula is C11H12BrF4NO. The van der Waals surface area contributed by atoms with E-state index < -0.39 is 19.0 Å². The van der Waals surface area contributed by atoms with E-state index in [-0.39, 0.29) is 11.8 Å². The van der Waals surface area contributed by atoms with Crippen molar-refractivity contribution >= 4 is 15.9 Å². The van der Waals surface area contributed by atoms with E-state index in [4.69, 9.17) is 5.73 Å². The zero-order valence-electron chi connectivity index (χ0n) is 9.47. The number of alkyl halides is 4. The van der Waals surface area contributed by atoms with Gasteiger partial charge in [0, 0.05) is 10.5 Å². The van der Waals surface area contributed by atoms with Crippen molar-refractivity contribution in [2.45, 2.75) is 25.3 Å². The average Bonchev–Trinajstić information content (AvgIpc) is 2.25.